The molecule has 4 N–H and O–H groups in total. The van der Waals surface area contributed by atoms with Gasteiger partial charge in [0.05, 0.1) is 11.0 Å². The summed E-state index contributed by atoms with van der Waals surface area (Å²) in [6.45, 7) is 3.31. The van der Waals surface area contributed by atoms with E-state index in [1.165, 1.54) is 0 Å². The number of fused-ring (bicyclic) bond motifs is 1. The van der Waals surface area contributed by atoms with Crippen LogP contribution in [0.5, 0.6) is 0 Å². The predicted octanol–water partition coefficient (Wildman–Crippen LogP) is 1.62. The molecule has 20 heavy (non-hydrogen) atoms. The van der Waals surface area contributed by atoms with Crippen LogP contribution in [-0.2, 0) is 0 Å². The second-order valence-electron chi connectivity index (χ2n) is 4.75. The SMILES string of the molecule is CC(NCCSCCCO)c1ccc2[nH]c(=O)[nH]c2c1. The van der Waals surface area contributed by atoms with Gasteiger partial charge >= 0.3 is 5.69 Å². The van der Waals surface area contributed by atoms with Crippen molar-refractivity contribution in [2.45, 2.75) is 19.4 Å². The van der Waals surface area contributed by atoms with Crippen molar-refractivity contribution in [2.75, 3.05) is 24.7 Å². The standard InChI is InChI=1S/C14H21N3O2S/c1-10(15-5-8-20-7-2-6-18)11-3-4-12-13(9-11)17-14(19)16-12/h3-4,9-10,15,18H,2,5-8H2,1H3,(H2,16,17,19). The molecule has 1 aromatic carbocycles. The number of aliphatic hydroxyl groups excluding tert-OH is 1. The number of benzene rings is 1. The topological polar surface area (TPSA) is 80.9 Å². The third-order valence-electron chi connectivity index (χ3n) is 3.18. The number of aliphatic hydroxyl groups is 1. The van der Waals surface area contributed by atoms with E-state index >= 15 is 0 Å². The zero-order chi connectivity index (χ0) is 14.4. The molecule has 0 saturated carbocycles. The average Bonchev–Trinajstić information content (AvgIpc) is 2.81. The summed E-state index contributed by atoms with van der Waals surface area (Å²) in [4.78, 5) is 16.7. The van der Waals surface area contributed by atoms with Crippen LogP contribution in [0.4, 0.5) is 0 Å². The zero-order valence-electron chi connectivity index (χ0n) is 11.6. The smallest absolute Gasteiger partial charge is 0.323 e. The Morgan fingerprint density at radius 2 is 2.10 bits per heavy atom. The van der Waals surface area contributed by atoms with E-state index in [-0.39, 0.29) is 18.3 Å². The van der Waals surface area contributed by atoms with E-state index in [0.717, 1.165) is 41.1 Å². The molecule has 0 bridgehead atoms. The summed E-state index contributed by atoms with van der Waals surface area (Å²) in [5, 5.41) is 12.2. The molecule has 2 rings (SSSR count). The van der Waals surface area contributed by atoms with Crippen LogP contribution in [0.25, 0.3) is 11.0 Å². The first-order valence-electron chi connectivity index (χ1n) is 6.84. The summed E-state index contributed by atoms with van der Waals surface area (Å²) >= 11 is 1.85. The Labute approximate surface area is 122 Å². The highest BCUT2D eigenvalue weighted by atomic mass is 32.2. The average molecular weight is 295 g/mol. The van der Waals surface area contributed by atoms with Crippen molar-refractivity contribution in [1.82, 2.24) is 15.3 Å². The monoisotopic (exact) mass is 295 g/mol. The fourth-order valence-corrected chi connectivity index (χ4v) is 2.85. The maximum Gasteiger partial charge on any atom is 0.323 e. The Morgan fingerprint density at radius 3 is 2.90 bits per heavy atom. The molecule has 1 heterocycles. The lowest BCUT2D eigenvalue weighted by Gasteiger charge is -2.14. The Balaban J connectivity index is 1.84. The lowest BCUT2D eigenvalue weighted by molar-refractivity contribution is 0.296. The van der Waals surface area contributed by atoms with Gasteiger partial charge in [0.25, 0.3) is 0 Å². The molecule has 1 atom stereocenters. The number of aromatic amines is 2. The van der Waals surface area contributed by atoms with E-state index in [1.54, 1.807) is 0 Å². The normalized spacial score (nSPS) is 12.9. The number of thioether (sulfide) groups is 1. The minimum atomic E-state index is -0.168. The first-order chi connectivity index (χ1) is 9.70. The van der Waals surface area contributed by atoms with Gasteiger partial charge in [-0.05, 0) is 36.8 Å². The van der Waals surface area contributed by atoms with E-state index in [0.29, 0.717) is 0 Å². The Bertz CT molecular complexity index is 593. The predicted molar refractivity (Wildman–Crippen MR) is 84.4 cm³/mol. The summed E-state index contributed by atoms with van der Waals surface area (Å²) in [6, 6.07) is 6.21. The highest BCUT2D eigenvalue weighted by molar-refractivity contribution is 7.99. The van der Waals surface area contributed by atoms with Gasteiger partial charge in [-0.15, -0.1) is 0 Å². The van der Waals surface area contributed by atoms with Crippen molar-refractivity contribution >= 4 is 22.8 Å². The van der Waals surface area contributed by atoms with Crippen LogP contribution in [0.2, 0.25) is 0 Å². The minimum Gasteiger partial charge on any atom is -0.396 e. The number of H-pyrrole nitrogens is 2. The third-order valence-corrected chi connectivity index (χ3v) is 4.25. The molecule has 1 unspecified atom stereocenters. The summed E-state index contributed by atoms with van der Waals surface area (Å²) in [5.41, 5.74) is 2.68. The maximum atomic E-state index is 11.2. The lowest BCUT2D eigenvalue weighted by atomic mass is 10.1. The van der Waals surface area contributed by atoms with Crippen LogP contribution in [0.1, 0.15) is 24.9 Å². The largest absolute Gasteiger partial charge is 0.396 e. The molecule has 110 valence electrons. The molecule has 1 aromatic heterocycles. The Hall–Kier alpha value is -1.24. The number of rotatable bonds is 8. The van der Waals surface area contributed by atoms with Crippen LogP contribution in [0.15, 0.2) is 23.0 Å². The minimum absolute atomic E-state index is 0.168. The molecule has 5 nitrogen and oxygen atoms in total. The summed E-state index contributed by atoms with van der Waals surface area (Å²) in [5.74, 6) is 2.04. The van der Waals surface area contributed by atoms with Crippen LogP contribution in [0.3, 0.4) is 0 Å². The fourth-order valence-electron chi connectivity index (χ4n) is 2.05. The first-order valence-corrected chi connectivity index (χ1v) is 8.00. The van der Waals surface area contributed by atoms with E-state index in [9.17, 15) is 4.79 Å². The van der Waals surface area contributed by atoms with E-state index in [4.69, 9.17) is 5.11 Å². The quantitative estimate of drug-likeness (QED) is 0.558. The van der Waals surface area contributed by atoms with E-state index in [1.807, 2.05) is 30.0 Å². The molecule has 0 radical (unpaired) electrons. The van der Waals surface area contributed by atoms with Crippen molar-refractivity contribution in [1.29, 1.82) is 0 Å². The van der Waals surface area contributed by atoms with Crippen molar-refractivity contribution in [3.05, 3.63) is 34.2 Å². The van der Waals surface area contributed by atoms with Crippen molar-refractivity contribution in [3.8, 4) is 0 Å². The van der Waals surface area contributed by atoms with Crippen molar-refractivity contribution in [3.63, 3.8) is 0 Å². The molecule has 2 aromatic rings. The molecule has 0 spiro atoms. The van der Waals surface area contributed by atoms with Gasteiger partial charge in [-0.25, -0.2) is 4.79 Å². The van der Waals surface area contributed by atoms with Gasteiger partial charge in [-0.1, -0.05) is 6.07 Å². The molecule has 0 saturated heterocycles. The van der Waals surface area contributed by atoms with Gasteiger partial charge in [0.15, 0.2) is 0 Å². The zero-order valence-corrected chi connectivity index (χ0v) is 12.4. The molecular formula is C14H21N3O2S. The van der Waals surface area contributed by atoms with Crippen molar-refractivity contribution in [2.24, 2.45) is 0 Å². The highest BCUT2D eigenvalue weighted by Gasteiger charge is 2.06. The van der Waals surface area contributed by atoms with E-state index in [2.05, 4.69) is 22.2 Å². The molecular weight excluding hydrogens is 274 g/mol. The Kier molecular flexibility index (Phi) is 5.70. The summed E-state index contributed by atoms with van der Waals surface area (Å²) < 4.78 is 0. The second-order valence-corrected chi connectivity index (χ2v) is 5.97. The molecule has 0 aliphatic carbocycles. The van der Waals surface area contributed by atoms with Crippen LogP contribution in [0, 0.1) is 0 Å². The van der Waals surface area contributed by atoms with Crippen molar-refractivity contribution < 1.29 is 5.11 Å². The van der Waals surface area contributed by atoms with E-state index < -0.39 is 0 Å². The fraction of sp³-hybridized carbons (Fsp3) is 0.500. The first kappa shape index (κ1) is 15.2. The van der Waals surface area contributed by atoms with Gasteiger partial charge in [0.1, 0.15) is 0 Å². The van der Waals surface area contributed by atoms with Gasteiger partial charge in [0.2, 0.25) is 0 Å². The van der Waals surface area contributed by atoms with Gasteiger partial charge in [-0.2, -0.15) is 11.8 Å². The second kappa shape index (κ2) is 7.52. The third kappa shape index (κ3) is 4.13. The van der Waals surface area contributed by atoms with Gasteiger partial charge in [-0.3, -0.25) is 0 Å². The van der Waals surface area contributed by atoms with Crippen LogP contribution >= 0.6 is 11.8 Å². The number of imidazole rings is 1. The number of aromatic nitrogens is 2. The lowest BCUT2D eigenvalue weighted by Crippen LogP contribution is -2.21. The molecule has 6 heteroatoms. The number of nitrogens with one attached hydrogen (secondary N) is 3. The molecule has 0 fully saturated rings. The summed E-state index contributed by atoms with van der Waals surface area (Å²) in [6.07, 6.45) is 0.859. The molecule has 0 amide bonds. The summed E-state index contributed by atoms with van der Waals surface area (Å²) in [7, 11) is 0. The Morgan fingerprint density at radius 1 is 1.30 bits per heavy atom. The maximum absolute atomic E-state index is 11.2. The highest BCUT2D eigenvalue weighted by Crippen LogP contribution is 2.17. The molecule has 0 aliphatic heterocycles. The van der Waals surface area contributed by atoms with Crippen LogP contribution < -0.4 is 11.0 Å². The molecule has 0 aliphatic rings. The number of hydrogen-bond donors (Lipinski definition) is 4. The van der Waals surface area contributed by atoms with Gasteiger partial charge < -0.3 is 20.4 Å². The van der Waals surface area contributed by atoms with Crippen LogP contribution in [-0.4, -0.2) is 39.7 Å². The number of hydrogen-bond acceptors (Lipinski definition) is 4. The van der Waals surface area contributed by atoms with Gasteiger partial charge in [0, 0.05) is 24.9 Å².